The Kier molecular flexibility index (Phi) is 4.26. The molecule has 1 heterocycles. The van der Waals surface area contributed by atoms with E-state index in [1.807, 2.05) is 73.7 Å². The fraction of sp³-hybridized carbons (Fsp3) is 0.158. The summed E-state index contributed by atoms with van der Waals surface area (Å²) in [5, 5.41) is 19.1. The number of aliphatic hydroxyl groups is 1. The van der Waals surface area contributed by atoms with Crippen molar-refractivity contribution in [2.45, 2.75) is 19.4 Å². The number of aromatic nitrogens is 2. The molecule has 1 aromatic heterocycles. The van der Waals surface area contributed by atoms with Gasteiger partial charge in [-0.3, -0.25) is 0 Å². The Hall–Kier alpha value is -2.52. The maximum atomic E-state index is 10.4. The maximum absolute atomic E-state index is 10.4. The third-order valence-corrected chi connectivity index (χ3v) is 3.69. The first kappa shape index (κ1) is 14.4. The van der Waals surface area contributed by atoms with Gasteiger partial charge in [0, 0.05) is 16.7 Å². The van der Waals surface area contributed by atoms with Crippen molar-refractivity contribution >= 4 is 0 Å². The normalized spacial score (nSPS) is 12.1. The highest BCUT2D eigenvalue weighted by Gasteiger charge is 2.16. The molecule has 0 saturated heterocycles. The molecule has 1 N–H and O–H groups in total. The first-order chi connectivity index (χ1) is 10.8. The zero-order valence-corrected chi connectivity index (χ0v) is 12.5. The highest BCUT2D eigenvalue weighted by molar-refractivity contribution is 5.67. The molecule has 3 aromatic rings. The lowest BCUT2D eigenvalue weighted by Crippen LogP contribution is -2.03. The van der Waals surface area contributed by atoms with E-state index in [0.29, 0.717) is 6.42 Å². The van der Waals surface area contributed by atoms with Gasteiger partial charge in [-0.2, -0.15) is 0 Å². The van der Waals surface area contributed by atoms with Crippen molar-refractivity contribution in [3.63, 3.8) is 0 Å². The summed E-state index contributed by atoms with van der Waals surface area (Å²) in [6, 6.07) is 21.7. The van der Waals surface area contributed by atoms with Crippen LogP contribution >= 0.6 is 0 Å². The summed E-state index contributed by atoms with van der Waals surface area (Å²) in [6.45, 7) is 1.96. The van der Waals surface area contributed by atoms with Crippen molar-refractivity contribution < 1.29 is 5.11 Å². The van der Waals surface area contributed by atoms with Crippen LogP contribution < -0.4 is 0 Å². The first-order valence-electron chi connectivity index (χ1n) is 7.46. The van der Waals surface area contributed by atoms with Gasteiger partial charge in [-0.05, 0) is 12.5 Å². The molecule has 0 aliphatic heterocycles. The molecule has 0 amide bonds. The van der Waals surface area contributed by atoms with Crippen molar-refractivity contribution in [2.75, 3.05) is 0 Å². The van der Waals surface area contributed by atoms with Gasteiger partial charge in [0.1, 0.15) is 0 Å². The molecule has 1 unspecified atom stereocenters. The maximum Gasteiger partial charge on any atom is 0.0988 e. The molecular weight excluding hydrogens is 272 g/mol. The van der Waals surface area contributed by atoms with Crippen molar-refractivity contribution in [1.29, 1.82) is 0 Å². The largest absolute Gasteiger partial charge is 0.388 e. The smallest absolute Gasteiger partial charge is 0.0988 e. The molecule has 3 nitrogen and oxygen atoms in total. The number of aliphatic hydroxyl groups excluding tert-OH is 1. The van der Waals surface area contributed by atoms with E-state index >= 15 is 0 Å². The molecule has 3 heteroatoms. The van der Waals surface area contributed by atoms with Crippen LogP contribution in [0.3, 0.4) is 0 Å². The van der Waals surface area contributed by atoms with E-state index in [2.05, 4.69) is 10.2 Å². The fourth-order valence-corrected chi connectivity index (χ4v) is 2.45. The average Bonchev–Trinajstić information content (AvgIpc) is 2.62. The standard InChI is InChI=1S/C19H18N2O/c1-2-18(22)16-13-17(14-9-5-3-6-10-14)20-21-19(16)15-11-7-4-8-12-15/h3-13,18,22H,2H2,1H3. The van der Waals surface area contributed by atoms with Gasteiger partial charge < -0.3 is 5.11 Å². The second-order valence-electron chi connectivity index (χ2n) is 5.19. The van der Waals surface area contributed by atoms with Gasteiger partial charge >= 0.3 is 0 Å². The summed E-state index contributed by atoms with van der Waals surface area (Å²) in [7, 11) is 0. The number of nitrogens with zero attached hydrogens (tertiary/aromatic N) is 2. The Morgan fingerprint density at radius 1 is 0.864 bits per heavy atom. The van der Waals surface area contributed by atoms with E-state index in [4.69, 9.17) is 0 Å². The molecule has 0 aliphatic carbocycles. The molecule has 1 atom stereocenters. The molecule has 0 spiro atoms. The fourth-order valence-electron chi connectivity index (χ4n) is 2.45. The number of benzene rings is 2. The van der Waals surface area contributed by atoms with E-state index in [9.17, 15) is 5.11 Å². The van der Waals surface area contributed by atoms with Crippen LogP contribution in [0.1, 0.15) is 25.0 Å². The van der Waals surface area contributed by atoms with Crippen molar-refractivity contribution in [3.05, 3.63) is 72.3 Å². The summed E-state index contributed by atoms with van der Waals surface area (Å²) >= 11 is 0. The summed E-state index contributed by atoms with van der Waals surface area (Å²) in [5.41, 5.74) is 4.32. The van der Waals surface area contributed by atoms with Crippen LogP contribution in [-0.2, 0) is 0 Å². The minimum atomic E-state index is -0.548. The van der Waals surface area contributed by atoms with E-state index in [0.717, 1.165) is 28.1 Å². The van der Waals surface area contributed by atoms with Gasteiger partial charge in [-0.25, -0.2) is 0 Å². The second kappa shape index (κ2) is 6.50. The molecule has 2 aromatic carbocycles. The van der Waals surface area contributed by atoms with Gasteiger partial charge in [0.2, 0.25) is 0 Å². The molecule has 110 valence electrons. The lowest BCUT2D eigenvalue weighted by Gasteiger charge is -2.14. The topological polar surface area (TPSA) is 46.0 Å². The summed E-state index contributed by atoms with van der Waals surface area (Å²) in [5.74, 6) is 0. The molecule has 0 fully saturated rings. The van der Waals surface area contributed by atoms with Crippen LogP contribution in [-0.4, -0.2) is 15.3 Å². The Morgan fingerprint density at radius 2 is 1.45 bits per heavy atom. The number of rotatable bonds is 4. The lowest BCUT2D eigenvalue weighted by atomic mass is 9.99. The zero-order chi connectivity index (χ0) is 15.4. The Balaban J connectivity index is 2.12. The van der Waals surface area contributed by atoms with E-state index in [-0.39, 0.29) is 0 Å². The molecule has 0 saturated carbocycles. The van der Waals surface area contributed by atoms with Gasteiger partial charge in [0.15, 0.2) is 0 Å². The minimum Gasteiger partial charge on any atom is -0.388 e. The highest BCUT2D eigenvalue weighted by Crippen LogP contribution is 2.30. The molecule has 0 radical (unpaired) electrons. The summed E-state index contributed by atoms with van der Waals surface area (Å²) in [6.07, 6.45) is 0.0907. The van der Waals surface area contributed by atoms with Crippen LogP contribution in [0.15, 0.2) is 66.7 Å². The summed E-state index contributed by atoms with van der Waals surface area (Å²) in [4.78, 5) is 0. The van der Waals surface area contributed by atoms with Crippen molar-refractivity contribution in [1.82, 2.24) is 10.2 Å². The Bertz CT molecular complexity index is 742. The quantitative estimate of drug-likeness (QED) is 0.781. The zero-order valence-electron chi connectivity index (χ0n) is 12.5. The predicted molar refractivity (Wildman–Crippen MR) is 88.2 cm³/mol. The molecule has 3 rings (SSSR count). The molecule has 22 heavy (non-hydrogen) atoms. The first-order valence-corrected chi connectivity index (χ1v) is 7.46. The average molecular weight is 290 g/mol. The SMILES string of the molecule is CCC(O)c1cc(-c2ccccc2)nnc1-c1ccccc1. The van der Waals surface area contributed by atoms with Crippen LogP contribution in [0, 0.1) is 0 Å². The Labute approximate surface area is 130 Å². The predicted octanol–water partition coefficient (Wildman–Crippen LogP) is 4.25. The Morgan fingerprint density at radius 3 is 2.05 bits per heavy atom. The van der Waals surface area contributed by atoms with E-state index in [1.165, 1.54) is 0 Å². The van der Waals surface area contributed by atoms with Crippen LogP contribution in [0.5, 0.6) is 0 Å². The highest BCUT2D eigenvalue weighted by atomic mass is 16.3. The van der Waals surface area contributed by atoms with Crippen LogP contribution in [0.25, 0.3) is 22.5 Å². The molecular formula is C19H18N2O. The van der Waals surface area contributed by atoms with Crippen LogP contribution in [0.2, 0.25) is 0 Å². The number of hydrogen-bond donors (Lipinski definition) is 1. The monoisotopic (exact) mass is 290 g/mol. The third-order valence-electron chi connectivity index (χ3n) is 3.69. The van der Waals surface area contributed by atoms with Gasteiger partial charge in [-0.15, -0.1) is 10.2 Å². The molecule has 0 bridgehead atoms. The van der Waals surface area contributed by atoms with Gasteiger partial charge in [0.05, 0.1) is 17.5 Å². The van der Waals surface area contributed by atoms with E-state index in [1.54, 1.807) is 0 Å². The minimum absolute atomic E-state index is 0.548. The second-order valence-corrected chi connectivity index (χ2v) is 5.19. The molecule has 0 aliphatic rings. The lowest BCUT2D eigenvalue weighted by molar-refractivity contribution is 0.174. The summed E-state index contributed by atoms with van der Waals surface area (Å²) < 4.78 is 0. The van der Waals surface area contributed by atoms with Gasteiger partial charge in [-0.1, -0.05) is 67.6 Å². The third kappa shape index (κ3) is 2.90. The van der Waals surface area contributed by atoms with Crippen molar-refractivity contribution in [3.8, 4) is 22.5 Å². The van der Waals surface area contributed by atoms with Gasteiger partial charge in [0.25, 0.3) is 0 Å². The van der Waals surface area contributed by atoms with Crippen LogP contribution in [0.4, 0.5) is 0 Å². The van der Waals surface area contributed by atoms with E-state index < -0.39 is 6.10 Å². The number of hydrogen-bond acceptors (Lipinski definition) is 3. The van der Waals surface area contributed by atoms with Crippen molar-refractivity contribution in [2.24, 2.45) is 0 Å².